The molecule has 0 spiro atoms. The van der Waals surface area contributed by atoms with Crippen LogP contribution in [0.5, 0.6) is 0 Å². The van der Waals surface area contributed by atoms with Crippen molar-refractivity contribution in [2.45, 2.75) is 64.4 Å². The second-order valence-corrected chi connectivity index (χ2v) is 6.61. The number of ether oxygens (including phenoxy) is 1. The zero-order chi connectivity index (χ0) is 15.3. The largest absolute Gasteiger partial charge is 0.521 e. The second kappa shape index (κ2) is 5.03. The van der Waals surface area contributed by atoms with E-state index < -0.39 is 24.3 Å². The van der Waals surface area contributed by atoms with Crippen LogP contribution in [0.25, 0.3) is 0 Å². The van der Waals surface area contributed by atoms with Gasteiger partial charge in [-0.25, -0.2) is 0 Å². The van der Waals surface area contributed by atoms with E-state index in [1.165, 1.54) is 4.80 Å². The van der Waals surface area contributed by atoms with Crippen LogP contribution < -0.4 is 5.59 Å². The first-order valence-corrected chi connectivity index (χ1v) is 7.40. The first-order valence-electron chi connectivity index (χ1n) is 7.40. The van der Waals surface area contributed by atoms with Gasteiger partial charge in [0, 0.05) is 6.61 Å². The molecule has 21 heavy (non-hydrogen) atoms. The van der Waals surface area contributed by atoms with Crippen molar-refractivity contribution in [3.8, 4) is 0 Å². The summed E-state index contributed by atoms with van der Waals surface area (Å²) in [7, 11) is -0.840. The van der Waals surface area contributed by atoms with E-state index in [4.69, 9.17) is 14.0 Å². The van der Waals surface area contributed by atoms with Crippen LogP contribution in [0.4, 0.5) is 4.39 Å². The molecule has 0 radical (unpaired) electrons. The molecule has 3 heterocycles. The molecule has 1 unspecified atom stereocenters. The van der Waals surface area contributed by atoms with Gasteiger partial charge < -0.3 is 14.0 Å². The van der Waals surface area contributed by atoms with Gasteiger partial charge in [-0.2, -0.15) is 14.3 Å². The fourth-order valence-electron chi connectivity index (χ4n) is 2.45. The fourth-order valence-corrected chi connectivity index (χ4v) is 2.45. The SMILES string of the molecule is CC1(C)OB(c2nn(C3CCCCO3)nc2F)OC1(C)C. The predicted molar refractivity (Wildman–Crippen MR) is 74.5 cm³/mol. The molecule has 116 valence electrons. The zero-order valence-corrected chi connectivity index (χ0v) is 12.9. The van der Waals surface area contributed by atoms with Gasteiger partial charge in [-0.3, -0.25) is 0 Å². The summed E-state index contributed by atoms with van der Waals surface area (Å²) in [4.78, 5) is 1.30. The zero-order valence-electron chi connectivity index (χ0n) is 12.9. The Morgan fingerprint density at radius 2 is 1.81 bits per heavy atom. The average Bonchev–Trinajstić information content (AvgIpc) is 2.89. The highest BCUT2D eigenvalue weighted by Crippen LogP contribution is 2.36. The van der Waals surface area contributed by atoms with Gasteiger partial charge in [-0.15, -0.1) is 5.10 Å². The van der Waals surface area contributed by atoms with E-state index in [9.17, 15) is 4.39 Å². The molecule has 0 N–H and O–H groups in total. The highest BCUT2D eigenvalue weighted by Gasteiger charge is 2.54. The predicted octanol–water partition coefficient (Wildman–Crippen LogP) is 1.42. The van der Waals surface area contributed by atoms with Crippen LogP contribution in [0.15, 0.2) is 0 Å². The van der Waals surface area contributed by atoms with E-state index in [1.807, 2.05) is 27.7 Å². The Kier molecular flexibility index (Phi) is 3.58. The van der Waals surface area contributed by atoms with E-state index >= 15 is 0 Å². The van der Waals surface area contributed by atoms with Crippen LogP contribution in [0, 0.1) is 5.95 Å². The Morgan fingerprint density at radius 3 is 2.38 bits per heavy atom. The van der Waals surface area contributed by atoms with Crippen LogP contribution >= 0.6 is 0 Å². The molecule has 2 aliphatic rings. The molecule has 0 aliphatic carbocycles. The van der Waals surface area contributed by atoms with Crippen molar-refractivity contribution in [2.75, 3.05) is 6.61 Å². The van der Waals surface area contributed by atoms with Crippen LogP contribution in [-0.4, -0.2) is 39.9 Å². The summed E-state index contributed by atoms with van der Waals surface area (Å²) >= 11 is 0. The third-order valence-corrected chi connectivity index (χ3v) is 4.50. The van der Waals surface area contributed by atoms with Crippen LogP contribution in [0.3, 0.4) is 0 Å². The quantitative estimate of drug-likeness (QED) is 0.773. The first-order chi connectivity index (χ1) is 9.80. The molecule has 8 heteroatoms. The van der Waals surface area contributed by atoms with E-state index in [0.717, 1.165) is 19.3 Å². The van der Waals surface area contributed by atoms with Gasteiger partial charge in [-0.05, 0) is 47.0 Å². The molecule has 0 saturated carbocycles. The number of nitrogens with zero attached hydrogens (tertiary/aromatic N) is 3. The van der Waals surface area contributed by atoms with Gasteiger partial charge in [0.05, 0.1) is 11.2 Å². The molecule has 0 aromatic carbocycles. The maximum atomic E-state index is 14.1. The van der Waals surface area contributed by atoms with Gasteiger partial charge in [0.15, 0.2) is 11.8 Å². The van der Waals surface area contributed by atoms with E-state index in [-0.39, 0.29) is 11.8 Å². The molecule has 2 fully saturated rings. The van der Waals surface area contributed by atoms with Crippen molar-refractivity contribution < 1.29 is 18.4 Å². The van der Waals surface area contributed by atoms with Gasteiger partial charge in [0.25, 0.3) is 5.95 Å². The lowest BCUT2D eigenvalue weighted by atomic mass is 9.85. The smallest absolute Gasteiger partial charge is 0.398 e. The summed E-state index contributed by atoms with van der Waals surface area (Å²) in [6.45, 7) is 8.32. The number of hydrogen-bond acceptors (Lipinski definition) is 5. The van der Waals surface area contributed by atoms with Crippen molar-refractivity contribution in [2.24, 2.45) is 0 Å². The molecule has 2 aliphatic heterocycles. The van der Waals surface area contributed by atoms with E-state index in [0.29, 0.717) is 6.61 Å². The van der Waals surface area contributed by atoms with Gasteiger partial charge in [0.1, 0.15) is 0 Å². The topological polar surface area (TPSA) is 58.4 Å². The van der Waals surface area contributed by atoms with Gasteiger partial charge >= 0.3 is 7.12 Å². The van der Waals surface area contributed by atoms with Crippen LogP contribution in [0.2, 0.25) is 0 Å². The van der Waals surface area contributed by atoms with E-state index in [1.54, 1.807) is 0 Å². The Bertz CT molecular complexity index is 513. The third-order valence-electron chi connectivity index (χ3n) is 4.50. The lowest BCUT2D eigenvalue weighted by Crippen LogP contribution is -2.41. The Balaban J connectivity index is 1.82. The summed E-state index contributed by atoms with van der Waals surface area (Å²) < 4.78 is 31.3. The molecule has 0 amide bonds. The lowest BCUT2D eigenvalue weighted by molar-refractivity contribution is -0.0486. The molecule has 2 saturated heterocycles. The minimum Gasteiger partial charge on any atom is -0.398 e. The summed E-state index contributed by atoms with van der Waals surface area (Å²) in [5.74, 6) is -0.664. The van der Waals surface area contributed by atoms with Crippen molar-refractivity contribution in [1.82, 2.24) is 15.0 Å². The van der Waals surface area contributed by atoms with Gasteiger partial charge in [0.2, 0.25) is 0 Å². The lowest BCUT2D eigenvalue weighted by Gasteiger charge is -2.32. The molecule has 1 atom stereocenters. The molecule has 1 aromatic rings. The monoisotopic (exact) mass is 297 g/mol. The Labute approximate surface area is 124 Å². The maximum absolute atomic E-state index is 14.1. The first kappa shape index (κ1) is 14.9. The Hall–Kier alpha value is -0.985. The van der Waals surface area contributed by atoms with Crippen molar-refractivity contribution in [1.29, 1.82) is 0 Å². The van der Waals surface area contributed by atoms with Crippen molar-refractivity contribution in [3.63, 3.8) is 0 Å². The van der Waals surface area contributed by atoms with E-state index in [2.05, 4.69) is 10.2 Å². The summed E-state index contributed by atoms with van der Waals surface area (Å²) in [5, 5.41) is 8.03. The number of aromatic nitrogens is 3. The second-order valence-electron chi connectivity index (χ2n) is 6.61. The Morgan fingerprint density at radius 1 is 1.14 bits per heavy atom. The minimum absolute atomic E-state index is 0.0859. The van der Waals surface area contributed by atoms with Crippen LogP contribution in [0.1, 0.15) is 53.2 Å². The van der Waals surface area contributed by atoms with Crippen molar-refractivity contribution >= 4 is 12.7 Å². The number of halogens is 1. The van der Waals surface area contributed by atoms with Crippen molar-refractivity contribution in [3.05, 3.63) is 5.95 Å². The van der Waals surface area contributed by atoms with Crippen LogP contribution in [-0.2, 0) is 14.0 Å². The molecule has 6 nitrogen and oxygen atoms in total. The molecular formula is C13H21BFN3O3. The average molecular weight is 297 g/mol. The molecule has 3 rings (SSSR count). The van der Waals surface area contributed by atoms with Gasteiger partial charge in [-0.1, -0.05) is 0 Å². The molecule has 1 aromatic heterocycles. The fraction of sp³-hybridized carbons (Fsp3) is 0.846. The maximum Gasteiger partial charge on any atom is 0.521 e. The highest BCUT2D eigenvalue weighted by atomic mass is 19.1. The standard InChI is InChI=1S/C13H21BFN3O3/c1-12(2)13(3,4)21-14(20-12)10-11(15)17-18(16-10)9-7-5-6-8-19-9/h9H,5-8H2,1-4H3. The summed E-state index contributed by atoms with van der Waals surface area (Å²) in [6, 6.07) is 0. The number of rotatable bonds is 2. The highest BCUT2D eigenvalue weighted by molar-refractivity contribution is 6.61. The summed E-state index contributed by atoms with van der Waals surface area (Å²) in [6.07, 6.45) is 2.53. The summed E-state index contributed by atoms with van der Waals surface area (Å²) in [5.41, 5.74) is -0.979. The molecular weight excluding hydrogens is 276 g/mol. The minimum atomic E-state index is -0.840. The normalized spacial score (nSPS) is 28.0. The number of hydrogen-bond donors (Lipinski definition) is 0. The molecule has 0 bridgehead atoms. The third kappa shape index (κ3) is 2.60.